The first kappa shape index (κ1) is 13.8. The summed E-state index contributed by atoms with van der Waals surface area (Å²) in [5.41, 5.74) is 0.928. The summed E-state index contributed by atoms with van der Waals surface area (Å²) in [6.07, 6.45) is 1.13. The maximum absolute atomic E-state index is 12.3. The second-order valence-corrected chi connectivity index (χ2v) is 6.82. The maximum Gasteiger partial charge on any atom is 0.330 e. The smallest absolute Gasteiger partial charge is 0.330 e. The van der Waals surface area contributed by atoms with E-state index in [9.17, 15) is 14.7 Å². The van der Waals surface area contributed by atoms with E-state index in [0.717, 1.165) is 16.9 Å². The highest BCUT2D eigenvalue weighted by Gasteiger charge is 2.45. The van der Waals surface area contributed by atoms with E-state index >= 15 is 0 Å². The van der Waals surface area contributed by atoms with Gasteiger partial charge in [-0.3, -0.25) is 4.79 Å². The Morgan fingerprint density at radius 2 is 2.25 bits per heavy atom. The van der Waals surface area contributed by atoms with Gasteiger partial charge >= 0.3 is 5.97 Å². The SMILES string of the molecule is O=C(NC1(C(=O)O)CCSC1)C1Cc2ccc(Cl)cc21. The van der Waals surface area contributed by atoms with Gasteiger partial charge in [0.1, 0.15) is 5.54 Å². The van der Waals surface area contributed by atoms with Gasteiger partial charge in [0.2, 0.25) is 5.91 Å². The lowest BCUT2D eigenvalue weighted by Crippen LogP contribution is -2.56. The van der Waals surface area contributed by atoms with Gasteiger partial charge in [0, 0.05) is 10.8 Å². The molecule has 2 N–H and O–H groups in total. The molecule has 2 unspecified atom stereocenters. The molecule has 6 heteroatoms. The summed E-state index contributed by atoms with van der Waals surface area (Å²) in [6.45, 7) is 0. The number of thioether (sulfide) groups is 1. The summed E-state index contributed by atoms with van der Waals surface area (Å²) < 4.78 is 0. The molecule has 3 rings (SSSR count). The molecule has 0 spiro atoms. The van der Waals surface area contributed by atoms with Crippen LogP contribution in [0.4, 0.5) is 0 Å². The van der Waals surface area contributed by atoms with Gasteiger partial charge in [-0.1, -0.05) is 17.7 Å². The molecule has 106 valence electrons. The molecule has 1 aromatic rings. The zero-order chi connectivity index (χ0) is 14.3. The first-order valence-corrected chi connectivity index (χ1v) is 7.97. The molecule has 20 heavy (non-hydrogen) atoms. The molecule has 1 aromatic carbocycles. The largest absolute Gasteiger partial charge is 0.479 e. The van der Waals surface area contributed by atoms with Crippen LogP contribution in [0.2, 0.25) is 5.02 Å². The Morgan fingerprint density at radius 3 is 2.90 bits per heavy atom. The molecule has 0 bridgehead atoms. The first-order valence-electron chi connectivity index (χ1n) is 6.43. The van der Waals surface area contributed by atoms with Crippen molar-refractivity contribution in [1.82, 2.24) is 5.32 Å². The summed E-state index contributed by atoms with van der Waals surface area (Å²) in [5, 5.41) is 12.7. The number of carboxylic acid groups (broad SMARTS) is 1. The summed E-state index contributed by atoms with van der Waals surface area (Å²) in [6, 6.07) is 5.52. The number of hydrogen-bond donors (Lipinski definition) is 2. The Labute approximate surface area is 125 Å². The van der Waals surface area contributed by atoms with Crippen molar-refractivity contribution in [3.63, 3.8) is 0 Å². The lowest BCUT2D eigenvalue weighted by Gasteiger charge is -2.33. The van der Waals surface area contributed by atoms with Gasteiger partial charge in [-0.05, 0) is 41.9 Å². The van der Waals surface area contributed by atoms with Crippen molar-refractivity contribution in [3.05, 3.63) is 34.3 Å². The molecule has 1 amide bonds. The van der Waals surface area contributed by atoms with Crippen LogP contribution in [0.1, 0.15) is 23.5 Å². The normalized spacial score (nSPS) is 27.6. The van der Waals surface area contributed by atoms with Gasteiger partial charge in [-0.2, -0.15) is 11.8 Å². The fourth-order valence-electron chi connectivity index (χ4n) is 2.72. The van der Waals surface area contributed by atoms with Gasteiger partial charge in [0.15, 0.2) is 0 Å². The van der Waals surface area contributed by atoms with E-state index in [1.54, 1.807) is 23.9 Å². The highest BCUT2D eigenvalue weighted by Crippen LogP contribution is 2.38. The Morgan fingerprint density at radius 1 is 1.45 bits per heavy atom. The van der Waals surface area contributed by atoms with Crippen LogP contribution in [0.15, 0.2) is 18.2 Å². The topological polar surface area (TPSA) is 66.4 Å². The van der Waals surface area contributed by atoms with Crippen molar-refractivity contribution in [3.8, 4) is 0 Å². The molecule has 1 aliphatic heterocycles. The minimum atomic E-state index is -1.10. The summed E-state index contributed by atoms with van der Waals surface area (Å²) in [7, 11) is 0. The number of benzene rings is 1. The average molecular weight is 312 g/mol. The van der Waals surface area contributed by atoms with Crippen LogP contribution in [-0.4, -0.2) is 34.0 Å². The number of rotatable bonds is 3. The average Bonchev–Trinajstić information content (AvgIpc) is 2.83. The lowest BCUT2D eigenvalue weighted by molar-refractivity contribution is -0.146. The zero-order valence-electron chi connectivity index (χ0n) is 10.7. The minimum absolute atomic E-state index is 0.204. The fraction of sp³-hybridized carbons (Fsp3) is 0.429. The highest BCUT2D eigenvalue weighted by atomic mass is 35.5. The number of carboxylic acids is 1. The van der Waals surface area contributed by atoms with Crippen molar-refractivity contribution in [2.45, 2.75) is 24.3 Å². The molecule has 0 radical (unpaired) electrons. The molecule has 1 heterocycles. The number of carbonyl (C=O) groups is 2. The molecule has 4 nitrogen and oxygen atoms in total. The van der Waals surface area contributed by atoms with Crippen LogP contribution in [0.5, 0.6) is 0 Å². The van der Waals surface area contributed by atoms with Crippen LogP contribution >= 0.6 is 23.4 Å². The van der Waals surface area contributed by atoms with Crippen LogP contribution in [0.25, 0.3) is 0 Å². The van der Waals surface area contributed by atoms with E-state index in [1.165, 1.54) is 0 Å². The Balaban J connectivity index is 1.76. The second-order valence-electron chi connectivity index (χ2n) is 5.28. The number of fused-ring (bicyclic) bond motifs is 1. The Bertz CT molecular complexity index is 584. The summed E-state index contributed by atoms with van der Waals surface area (Å²) >= 11 is 7.50. The molecule has 2 aliphatic rings. The van der Waals surface area contributed by atoms with Gasteiger partial charge in [-0.25, -0.2) is 4.79 Å². The molecule has 0 saturated carbocycles. The predicted octanol–water partition coefficient (Wildman–Crippen LogP) is 2.06. The van der Waals surface area contributed by atoms with E-state index < -0.39 is 11.5 Å². The van der Waals surface area contributed by atoms with Crippen LogP contribution < -0.4 is 5.32 Å². The number of carbonyl (C=O) groups excluding carboxylic acids is 1. The van der Waals surface area contributed by atoms with Crippen molar-refractivity contribution in [2.75, 3.05) is 11.5 Å². The quantitative estimate of drug-likeness (QED) is 0.896. The van der Waals surface area contributed by atoms with E-state index in [4.69, 9.17) is 11.6 Å². The molecule has 1 aliphatic carbocycles. The third-order valence-electron chi connectivity index (χ3n) is 4.02. The fourth-order valence-corrected chi connectivity index (χ4v) is 4.22. The van der Waals surface area contributed by atoms with Crippen LogP contribution in [-0.2, 0) is 16.0 Å². The predicted molar refractivity (Wildman–Crippen MR) is 78.3 cm³/mol. The summed E-state index contributed by atoms with van der Waals surface area (Å²) in [5.74, 6) is -0.222. The maximum atomic E-state index is 12.3. The minimum Gasteiger partial charge on any atom is -0.479 e. The third kappa shape index (κ3) is 2.19. The van der Waals surface area contributed by atoms with Crippen LogP contribution in [0, 0.1) is 0 Å². The van der Waals surface area contributed by atoms with Crippen LogP contribution in [0.3, 0.4) is 0 Å². The number of amides is 1. The Kier molecular flexibility index (Phi) is 3.42. The first-order chi connectivity index (χ1) is 9.52. The van der Waals surface area contributed by atoms with Crippen molar-refractivity contribution in [1.29, 1.82) is 0 Å². The standard InChI is InChI=1S/C14H14ClNO3S/c15-9-2-1-8-5-11(10(8)6-9)12(17)16-14(13(18)19)3-4-20-7-14/h1-2,6,11H,3-5,7H2,(H,16,17)(H,18,19). The monoisotopic (exact) mass is 311 g/mol. The molecule has 0 aromatic heterocycles. The number of aliphatic carboxylic acids is 1. The van der Waals surface area contributed by atoms with E-state index in [0.29, 0.717) is 23.6 Å². The second kappa shape index (κ2) is 4.97. The van der Waals surface area contributed by atoms with Gasteiger partial charge < -0.3 is 10.4 Å². The molecule has 2 atom stereocenters. The van der Waals surface area contributed by atoms with Crippen molar-refractivity contribution in [2.24, 2.45) is 0 Å². The van der Waals surface area contributed by atoms with E-state index in [2.05, 4.69) is 5.32 Å². The van der Waals surface area contributed by atoms with Gasteiger partial charge in [-0.15, -0.1) is 0 Å². The molecule has 1 saturated heterocycles. The third-order valence-corrected chi connectivity index (χ3v) is 5.44. The van der Waals surface area contributed by atoms with Crippen molar-refractivity contribution >= 4 is 35.2 Å². The van der Waals surface area contributed by atoms with E-state index in [1.807, 2.05) is 6.07 Å². The molecule has 1 fully saturated rings. The Hall–Kier alpha value is -1.20. The lowest BCUT2D eigenvalue weighted by atomic mass is 9.76. The number of nitrogens with one attached hydrogen (secondary N) is 1. The van der Waals surface area contributed by atoms with Gasteiger partial charge in [0.25, 0.3) is 0 Å². The zero-order valence-corrected chi connectivity index (χ0v) is 12.3. The molecular formula is C14H14ClNO3S. The van der Waals surface area contributed by atoms with E-state index in [-0.39, 0.29) is 11.8 Å². The number of halogens is 1. The highest BCUT2D eigenvalue weighted by molar-refractivity contribution is 7.99. The summed E-state index contributed by atoms with van der Waals surface area (Å²) in [4.78, 5) is 23.8. The van der Waals surface area contributed by atoms with Gasteiger partial charge in [0.05, 0.1) is 5.92 Å². The number of hydrogen-bond acceptors (Lipinski definition) is 3. The molecular weight excluding hydrogens is 298 g/mol. The van der Waals surface area contributed by atoms with Crippen molar-refractivity contribution < 1.29 is 14.7 Å².